The van der Waals surface area contributed by atoms with E-state index in [1.54, 1.807) is 24.3 Å². The average Bonchev–Trinajstić information content (AvgIpc) is 3.48. The van der Waals surface area contributed by atoms with Gasteiger partial charge >= 0.3 is 5.97 Å². The Morgan fingerprint density at radius 1 is 1.23 bits per heavy atom. The SMILES string of the molecule is CCC(Oc1ccc(C(=O)C2CC2)cc1)c1cnn(-c2ccc(C(=O)O)c(F)c2)n1. The van der Waals surface area contributed by atoms with Crippen molar-refractivity contribution in [2.24, 2.45) is 5.92 Å². The second-order valence-electron chi connectivity index (χ2n) is 7.21. The zero-order chi connectivity index (χ0) is 21.3. The number of benzene rings is 2. The van der Waals surface area contributed by atoms with Gasteiger partial charge in [0, 0.05) is 17.5 Å². The van der Waals surface area contributed by atoms with Crippen molar-refractivity contribution in [3.05, 3.63) is 71.3 Å². The van der Waals surface area contributed by atoms with E-state index < -0.39 is 17.3 Å². The fourth-order valence-electron chi connectivity index (χ4n) is 3.14. The van der Waals surface area contributed by atoms with Gasteiger partial charge in [-0.1, -0.05) is 6.92 Å². The van der Waals surface area contributed by atoms with Gasteiger partial charge in [-0.25, -0.2) is 9.18 Å². The maximum atomic E-state index is 14.0. The van der Waals surface area contributed by atoms with E-state index in [1.165, 1.54) is 23.1 Å². The summed E-state index contributed by atoms with van der Waals surface area (Å²) in [6.45, 7) is 1.94. The Morgan fingerprint density at radius 3 is 2.57 bits per heavy atom. The Balaban J connectivity index is 1.49. The summed E-state index contributed by atoms with van der Waals surface area (Å²) < 4.78 is 20.0. The first-order chi connectivity index (χ1) is 14.5. The first-order valence-electron chi connectivity index (χ1n) is 9.72. The number of carbonyl (C=O) groups excluding carboxylic acids is 1. The molecule has 1 fully saturated rings. The highest BCUT2D eigenvalue weighted by Crippen LogP contribution is 2.33. The summed E-state index contributed by atoms with van der Waals surface area (Å²) in [5, 5.41) is 17.4. The molecule has 2 aromatic carbocycles. The van der Waals surface area contributed by atoms with Crippen molar-refractivity contribution in [2.45, 2.75) is 32.3 Å². The fourth-order valence-corrected chi connectivity index (χ4v) is 3.14. The summed E-state index contributed by atoms with van der Waals surface area (Å²) >= 11 is 0. The van der Waals surface area contributed by atoms with Gasteiger partial charge in [-0.3, -0.25) is 4.79 Å². The molecule has 4 rings (SSSR count). The van der Waals surface area contributed by atoms with Gasteiger partial charge in [0.2, 0.25) is 0 Å². The number of aromatic nitrogens is 3. The van der Waals surface area contributed by atoms with Gasteiger partial charge in [0.1, 0.15) is 23.4 Å². The van der Waals surface area contributed by atoms with Crippen LogP contribution < -0.4 is 4.74 Å². The second kappa shape index (κ2) is 8.06. The molecule has 1 N–H and O–H groups in total. The third-order valence-electron chi connectivity index (χ3n) is 4.99. The molecule has 154 valence electrons. The number of hydrogen-bond donors (Lipinski definition) is 1. The number of rotatable bonds is 8. The lowest BCUT2D eigenvalue weighted by Gasteiger charge is -2.15. The van der Waals surface area contributed by atoms with E-state index in [9.17, 15) is 14.0 Å². The number of ether oxygens (including phenoxy) is 1. The number of nitrogens with zero attached hydrogens (tertiary/aromatic N) is 3. The number of aromatic carboxylic acids is 1. The number of hydrogen-bond acceptors (Lipinski definition) is 5. The number of ketones is 1. The molecule has 8 heteroatoms. The van der Waals surface area contributed by atoms with Gasteiger partial charge in [0.15, 0.2) is 5.78 Å². The normalized spacial score (nSPS) is 14.3. The highest BCUT2D eigenvalue weighted by Gasteiger charge is 2.30. The maximum absolute atomic E-state index is 14.0. The molecule has 1 heterocycles. The van der Waals surface area contributed by atoms with Gasteiger partial charge in [-0.15, -0.1) is 5.10 Å². The van der Waals surface area contributed by atoms with Crippen LogP contribution in [0.25, 0.3) is 5.69 Å². The van der Waals surface area contributed by atoms with Gasteiger partial charge in [-0.05, 0) is 55.7 Å². The Morgan fingerprint density at radius 2 is 1.97 bits per heavy atom. The lowest BCUT2D eigenvalue weighted by atomic mass is 10.1. The Bertz CT molecular complexity index is 1090. The van der Waals surface area contributed by atoms with Gasteiger partial charge in [0.05, 0.1) is 17.4 Å². The van der Waals surface area contributed by atoms with Gasteiger partial charge < -0.3 is 9.84 Å². The van der Waals surface area contributed by atoms with E-state index >= 15 is 0 Å². The van der Waals surface area contributed by atoms with Crippen molar-refractivity contribution in [1.29, 1.82) is 0 Å². The van der Waals surface area contributed by atoms with Crippen LogP contribution in [0.1, 0.15) is 58.7 Å². The van der Waals surface area contributed by atoms with Crippen molar-refractivity contribution in [3.63, 3.8) is 0 Å². The first-order valence-corrected chi connectivity index (χ1v) is 9.72. The van der Waals surface area contributed by atoms with Crippen LogP contribution in [0, 0.1) is 11.7 Å². The van der Waals surface area contributed by atoms with Crippen molar-refractivity contribution in [2.75, 3.05) is 0 Å². The van der Waals surface area contributed by atoms with Crippen molar-refractivity contribution >= 4 is 11.8 Å². The predicted octanol–water partition coefficient (Wildman–Crippen LogP) is 4.23. The molecule has 0 aliphatic heterocycles. The summed E-state index contributed by atoms with van der Waals surface area (Å²) in [6.07, 6.45) is 3.70. The number of carboxylic acid groups (broad SMARTS) is 1. The number of carbonyl (C=O) groups is 2. The molecule has 0 saturated heterocycles. The quantitative estimate of drug-likeness (QED) is 0.560. The van der Waals surface area contributed by atoms with Gasteiger partial charge in [0.25, 0.3) is 0 Å². The van der Waals surface area contributed by atoms with Crippen LogP contribution in [0.2, 0.25) is 0 Å². The van der Waals surface area contributed by atoms with Crippen LogP contribution in [-0.4, -0.2) is 31.9 Å². The van der Waals surface area contributed by atoms with E-state index in [4.69, 9.17) is 9.84 Å². The number of carboxylic acids is 1. The van der Waals surface area contributed by atoms with Crippen molar-refractivity contribution in [3.8, 4) is 11.4 Å². The summed E-state index contributed by atoms with van der Waals surface area (Å²) in [5.41, 5.74) is 1.14. The highest BCUT2D eigenvalue weighted by molar-refractivity contribution is 5.99. The molecule has 0 amide bonds. The van der Waals surface area contributed by atoms with Crippen LogP contribution in [0.15, 0.2) is 48.7 Å². The average molecular weight is 409 g/mol. The first kappa shape index (κ1) is 19.8. The molecule has 1 aliphatic rings. The van der Waals surface area contributed by atoms with E-state index in [1.807, 2.05) is 6.92 Å². The smallest absolute Gasteiger partial charge is 0.338 e. The lowest BCUT2D eigenvalue weighted by molar-refractivity contribution is 0.0691. The summed E-state index contributed by atoms with van der Waals surface area (Å²) in [6, 6.07) is 10.8. The van der Waals surface area contributed by atoms with E-state index in [0.29, 0.717) is 29.1 Å². The number of halogens is 1. The molecule has 0 bridgehead atoms. The summed E-state index contributed by atoms with van der Waals surface area (Å²) in [7, 11) is 0. The minimum Gasteiger partial charge on any atom is -0.484 e. The van der Waals surface area contributed by atoms with E-state index in [-0.39, 0.29) is 17.8 Å². The molecule has 1 aliphatic carbocycles. The van der Waals surface area contributed by atoms with Crippen LogP contribution in [0.4, 0.5) is 4.39 Å². The van der Waals surface area contributed by atoms with E-state index in [2.05, 4.69) is 10.2 Å². The molecular weight excluding hydrogens is 389 g/mol. The highest BCUT2D eigenvalue weighted by atomic mass is 19.1. The molecule has 0 spiro atoms. The second-order valence-corrected chi connectivity index (χ2v) is 7.21. The van der Waals surface area contributed by atoms with Gasteiger partial charge in [-0.2, -0.15) is 9.90 Å². The molecule has 1 saturated carbocycles. The Hall–Kier alpha value is -3.55. The van der Waals surface area contributed by atoms with Crippen LogP contribution in [0.5, 0.6) is 5.75 Å². The Labute approximate surface area is 172 Å². The Kier molecular flexibility index (Phi) is 5.31. The molecule has 1 aromatic heterocycles. The number of Topliss-reactive ketones (excluding diaryl/α,β-unsaturated/α-hetero) is 1. The van der Waals surface area contributed by atoms with Crippen LogP contribution in [-0.2, 0) is 0 Å². The molecule has 0 radical (unpaired) electrons. The molecule has 1 unspecified atom stereocenters. The van der Waals surface area contributed by atoms with E-state index in [0.717, 1.165) is 18.9 Å². The van der Waals surface area contributed by atoms with Crippen molar-refractivity contribution < 1.29 is 23.8 Å². The molecule has 1 atom stereocenters. The van der Waals surface area contributed by atoms with Crippen LogP contribution >= 0.6 is 0 Å². The molecule has 3 aromatic rings. The molecule has 7 nitrogen and oxygen atoms in total. The summed E-state index contributed by atoms with van der Waals surface area (Å²) in [5.74, 6) is -1.23. The maximum Gasteiger partial charge on any atom is 0.338 e. The monoisotopic (exact) mass is 409 g/mol. The zero-order valence-corrected chi connectivity index (χ0v) is 16.3. The molecule has 30 heavy (non-hydrogen) atoms. The topological polar surface area (TPSA) is 94.3 Å². The van der Waals surface area contributed by atoms with Crippen molar-refractivity contribution in [1.82, 2.24) is 15.0 Å². The molecular formula is C22H20FN3O4. The fraction of sp³-hybridized carbons (Fsp3) is 0.273. The third kappa shape index (κ3) is 4.07. The minimum absolute atomic E-state index is 0.171. The summed E-state index contributed by atoms with van der Waals surface area (Å²) in [4.78, 5) is 24.3. The zero-order valence-electron chi connectivity index (χ0n) is 16.3. The largest absolute Gasteiger partial charge is 0.484 e. The van der Waals surface area contributed by atoms with Crippen LogP contribution in [0.3, 0.4) is 0 Å². The standard InChI is InChI=1S/C22H20FN3O4/c1-2-20(30-16-8-5-14(6-9-16)21(27)13-3-4-13)19-12-24-26(25-19)15-7-10-17(22(28)29)18(23)11-15/h5-13,20H,2-4H2,1H3,(H,28,29). The minimum atomic E-state index is -1.34. The third-order valence-corrected chi connectivity index (χ3v) is 4.99. The lowest BCUT2D eigenvalue weighted by Crippen LogP contribution is -2.09. The predicted molar refractivity (Wildman–Crippen MR) is 105 cm³/mol.